The zero-order valence-corrected chi connectivity index (χ0v) is 11.6. The van der Waals surface area contributed by atoms with E-state index >= 15 is 0 Å². The van der Waals surface area contributed by atoms with Crippen molar-refractivity contribution in [3.8, 4) is 0 Å². The number of nitrogens with zero attached hydrogens (tertiary/aromatic N) is 1. The number of aromatic nitrogens is 1. The van der Waals surface area contributed by atoms with Crippen LogP contribution in [0.2, 0.25) is 0 Å². The second-order valence-corrected chi connectivity index (χ2v) is 5.14. The van der Waals surface area contributed by atoms with E-state index in [-0.39, 0.29) is 5.60 Å². The van der Waals surface area contributed by atoms with E-state index in [0.717, 1.165) is 12.8 Å². The van der Waals surface area contributed by atoms with E-state index in [9.17, 15) is 0 Å². The van der Waals surface area contributed by atoms with Crippen molar-refractivity contribution in [2.45, 2.75) is 45.3 Å². The molecule has 3 nitrogen and oxygen atoms in total. The Kier molecular flexibility index (Phi) is 5.09. The van der Waals surface area contributed by atoms with Gasteiger partial charge in [0.15, 0.2) is 0 Å². The number of methoxy groups -OCH3 is 1. The number of hydrogen-bond acceptors (Lipinski definition) is 3. The summed E-state index contributed by atoms with van der Waals surface area (Å²) in [5.74, 6) is 0. The Balaban J connectivity index is 2.66. The molecule has 0 aliphatic heterocycles. The van der Waals surface area contributed by atoms with Crippen LogP contribution in [0.4, 0.5) is 0 Å². The van der Waals surface area contributed by atoms with Crippen LogP contribution in [-0.4, -0.2) is 24.7 Å². The fourth-order valence-electron chi connectivity index (χ4n) is 1.84. The molecule has 1 aromatic rings. The minimum Gasteiger partial charge on any atom is -0.379 e. The fraction of sp³-hybridized carbons (Fsp3) is 0.643. The maximum absolute atomic E-state index is 5.45. The molecular weight excluding hydrogens is 212 g/mol. The van der Waals surface area contributed by atoms with Crippen molar-refractivity contribution < 1.29 is 4.74 Å². The lowest BCUT2D eigenvalue weighted by molar-refractivity contribution is 0.0118. The summed E-state index contributed by atoms with van der Waals surface area (Å²) in [5.41, 5.74) is 2.39. The lowest BCUT2D eigenvalue weighted by Crippen LogP contribution is -2.26. The third kappa shape index (κ3) is 4.44. The number of pyridine rings is 1. The third-order valence-corrected chi connectivity index (χ3v) is 3.23. The van der Waals surface area contributed by atoms with E-state index in [0.29, 0.717) is 6.04 Å². The lowest BCUT2D eigenvalue weighted by atomic mass is 9.95. The summed E-state index contributed by atoms with van der Waals surface area (Å²) < 4.78 is 5.45. The highest BCUT2D eigenvalue weighted by atomic mass is 16.5. The van der Waals surface area contributed by atoms with Crippen LogP contribution < -0.4 is 5.32 Å². The average molecular weight is 236 g/mol. The quantitative estimate of drug-likeness (QED) is 0.824. The first kappa shape index (κ1) is 14.1. The van der Waals surface area contributed by atoms with Gasteiger partial charge in [0, 0.05) is 25.5 Å². The van der Waals surface area contributed by atoms with Crippen LogP contribution in [0.5, 0.6) is 0 Å². The van der Waals surface area contributed by atoms with E-state index in [2.05, 4.69) is 37.1 Å². The van der Waals surface area contributed by atoms with Crippen LogP contribution in [0.25, 0.3) is 0 Å². The molecule has 0 fully saturated rings. The second-order valence-electron chi connectivity index (χ2n) is 5.14. The number of hydrogen-bond donors (Lipinski definition) is 1. The van der Waals surface area contributed by atoms with E-state index in [1.54, 1.807) is 7.11 Å². The van der Waals surface area contributed by atoms with E-state index in [1.807, 2.05) is 19.4 Å². The normalized spacial score (nSPS) is 13.7. The molecule has 17 heavy (non-hydrogen) atoms. The van der Waals surface area contributed by atoms with Crippen molar-refractivity contribution in [1.29, 1.82) is 0 Å². The number of nitrogens with one attached hydrogen (secondary N) is 1. The van der Waals surface area contributed by atoms with Crippen LogP contribution in [0.1, 0.15) is 43.9 Å². The molecule has 0 amide bonds. The second kappa shape index (κ2) is 6.12. The number of ether oxygens (including phenoxy) is 1. The molecule has 96 valence electrons. The minimum absolute atomic E-state index is 0.0631. The Bertz CT molecular complexity index is 350. The Morgan fingerprint density at radius 1 is 1.41 bits per heavy atom. The standard InChI is InChI=1S/C14H24N2O/c1-11-8-12(10-16-9-11)13(15-4)6-7-14(2,3)17-5/h8-10,13,15H,6-7H2,1-5H3. The molecule has 0 bridgehead atoms. The molecule has 0 saturated carbocycles. The first-order valence-corrected chi connectivity index (χ1v) is 6.12. The molecular formula is C14H24N2O. The zero-order chi connectivity index (χ0) is 12.9. The molecule has 0 radical (unpaired) electrons. The average Bonchev–Trinajstić information content (AvgIpc) is 2.30. The zero-order valence-electron chi connectivity index (χ0n) is 11.6. The largest absolute Gasteiger partial charge is 0.379 e. The van der Waals surface area contributed by atoms with Gasteiger partial charge in [0.05, 0.1) is 5.60 Å². The van der Waals surface area contributed by atoms with Gasteiger partial charge in [-0.25, -0.2) is 0 Å². The van der Waals surface area contributed by atoms with Gasteiger partial charge in [-0.15, -0.1) is 0 Å². The summed E-state index contributed by atoms with van der Waals surface area (Å²) in [6.07, 6.45) is 5.88. The van der Waals surface area contributed by atoms with Crippen molar-refractivity contribution in [3.05, 3.63) is 29.6 Å². The highest BCUT2D eigenvalue weighted by Gasteiger charge is 2.19. The van der Waals surface area contributed by atoms with Gasteiger partial charge in [0.2, 0.25) is 0 Å². The van der Waals surface area contributed by atoms with E-state index in [1.165, 1.54) is 11.1 Å². The fourth-order valence-corrected chi connectivity index (χ4v) is 1.84. The van der Waals surface area contributed by atoms with Crippen molar-refractivity contribution in [1.82, 2.24) is 10.3 Å². The lowest BCUT2D eigenvalue weighted by Gasteiger charge is -2.26. The Morgan fingerprint density at radius 3 is 2.65 bits per heavy atom. The van der Waals surface area contributed by atoms with Crippen LogP contribution in [-0.2, 0) is 4.74 Å². The Hall–Kier alpha value is -0.930. The van der Waals surface area contributed by atoms with Gasteiger partial charge in [-0.2, -0.15) is 0 Å². The highest BCUT2D eigenvalue weighted by molar-refractivity contribution is 5.20. The first-order valence-electron chi connectivity index (χ1n) is 6.12. The van der Waals surface area contributed by atoms with Crippen molar-refractivity contribution in [2.24, 2.45) is 0 Å². The van der Waals surface area contributed by atoms with Gasteiger partial charge in [-0.1, -0.05) is 6.07 Å². The van der Waals surface area contributed by atoms with Gasteiger partial charge >= 0.3 is 0 Å². The molecule has 1 N–H and O–H groups in total. The monoisotopic (exact) mass is 236 g/mol. The number of aryl methyl sites for hydroxylation is 1. The smallest absolute Gasteiger partial charge is 0.0623 e. The minimum atomic E-state index is -0.0631. The highest BCUT2D eigenvalue weighted by Crippen LogP contribution is 2.24. The molecule has 3 heteroatoms. The van der Waals surface area contributed by atoms with Gasteiger partial charge in [-0.05, 0) is 51.8 Å². The molecule has 0 spiro atoms. The van der Waals surface area contributed by atoms with Gasteiger partial charge in [0.1, 0.15) is 0 Å². The molecule has 1 heterocycles. The van der Waals surface area contributed by atoms with Crippen LogP contribution in [0, 0.1) is 6.92 Å². The predicted molar refractivity (Wildman–Crippen MR) is 71.1 cm³/mol. The van der Waals surface area contributed by atoms with Crippen molar-refractivity contribution in [3.63, 3.8) is 0 Å². The maximum Gasteiger partial charge on any atom is 0.0623 e. The molecule has 0 aromatic carbocycles. The summed E-state index contributed by atoms with van der Waals surface area (Å²) in [7, 11) is 3.76. The SMILES string of the molecule is CNC(CCC(C)(C)OC)c1cncc(C)c1. The predicted octanol–water partition coefficient (Wildman–Crippen LogP) is 2.86. The molecule has 1 atom stereocenters. The Morgan fingerprint density at radius 2 is 2.12 bits per heavy atom. The number of rotatable bonds is 6. The summed E-state index contributed by atoms with van der Waals surface area (Å²) in [4.78, 5) is 4.25. The van der Waals surface area contributed by atoms with Crippen LogP contribution >= 0.6 is 0 Å². The topological polar surface area (TPSA) is 34.1 Å². The van der Waals surface area contributed by atoms with Gasteiger partial charge in [-0.3, -0.25) is 4.98 Å². The molecule has 0 aliphatic rings. The molecule has 1 rings (SSSR count). The van der Waals surface area contributed by atoms with E-state index < -0.39 is 0 Å². The Labute approximate surface area is 105 Å². The summed E-state index contributed by atoms with van der Waals surface area (Å²) in [6.45, 7) is 6.31. The molecule has 1 aromatic heterocycles. The maximum atomic E-state index is 5.45. The summed E-state index contributed by atoms with van der Waals surface area (Å²) in [6, 6.07) is 2.53. The van der Waals surface area contributed by atoms with Gasteiger partial charge < -0.3 is 10.1 Å². The van der Waals surface area contributed by atoms with Crippen LogP contribution in [0.3, 0.4) is 0 Å². The molecule has 0 saturated heterocycles. The third-order valence-electron chi connectivity index (χ3n) is 3.23. The molecule has 0 aliphatic carbocycles. The van der Waals surface area contributed by atoms with Crippen molar-refractivity contribution in [2.75, 3.05) is 14.2 Å². The summed E-state index contributed by atoms with van der Waals surface area (Å²) >= 11 is 0. The van der Waals surface area contributed by atoms with Crippen molar-refractivity contribution >= 4 is 0 Å². The summed E-state index contributed by atoms with van der Waals surface area (Å²) in [5, 5.41) is 3.35. The van der Waals surface area contributed by atoms with Gasteiger partial charge in [0.25, 0.3) is 0 Å². The van der Waals surface area contributed by atoms with Crippen LogP contribution in [0.15, 0.2) is 18.5 Å². The van der Waals surface area contributed by atoms with E-state index in [4.69, 9.17) is 4.74 Å². The molecule has 1 unspecified atom stereocenters. The first-order chi connectivity index (χ1) is 7.98.